The van der Waals surface area contributed by atoms with Crippen LogP contribution in [0.15, 0.2) is 0 Å². The molecular weight excluding hydrogens is 442 g/mol. The highest BCUT2D eigenvalue weighted by atomic mass is 32.2. The molecule has 0 aliphatic rings. The number of hydrogen-bond donors (Lipinski definition) is 1. The van der Waals surface area contributed by atoms with Gasteiger partial charge in [0.25, 0.3) is 10.1 Å². The Bertz CT molecular complexity index is 621. The second kappa shape index (κ2) is 6.23. The van der Waals surface area contributed by atoms with E-state index in [1.807, 2.05) is 0 Å². The molecule has 18 heteroatoms. The lowest BCUT2D eigenvalue weighted by atomic mass is 9.93. The third kappa shape index (κ3) is 3.65. The summed E-state index contributed by atoms with van der Waals surface area (Å²) in [4.78, 5) is 0. The Hall–Kier alpha value is -1.07. The maximum absolute atomic E-state index is 13.0. The third-order valence-electron chi connectivity index (χ3n) is 2.74. The average molecular weight is 446 g/mol. The van der Waals surface area contributed by atoms with Crippen LogP contribution in [0.1, 0.15) is 6.42 Å². The van der Waals surface area contributed by atoms with E-state index in [0.717, 1.165) is 0 Å². The number of alkyl halides is 14. The zero-order valence-corrected chi connectivity index (χ0v) is 12.1. The smallest absolute Gasteiger partial charge is 0.283 e. The molecule has 1 unspecified atom stereocenters. The van der Waals surface area contributed by atoms with Gasteiger partial charge in [-0.25, -0.2) is 4.39 Å². The fourth-order valence-electron chi connectivity index (χ4n) is 1.24. The van der Waals surface area contributed by atoms with Crippen LogP contribution in [0.25, 0.3) is 0 Å². The summed E-state index contributed by atoms with van der Waals surface area (Å²) >= 11 is 0. The first-order valence-electron chi connectivity index (χ1n) is 5.44. The van der Waals surface area contributed by atoms with E-state index < -0.39 is 57.8 Å². The Kier molecular flexibility index (Phi) is 5.98. The summed E-state index contributed by atoms with van der Waals surface area (Å²) < 4.78 is 204. The lowest BCUT2D eigenvalue weighted by Gasteiger charge is -2.39. The predicted octanol–water partition coefficient (Wildman–Crippen LogP) is 4.30. The van der Waals surface area contributed by atoms with Crippen LogP contribution in [0.4, 0.5) is 61.5 Å². The molecule has 0 aliphatic heterocycles. The molecule has 0 fully saturated rings. The molecule has 0 amide bonds. The van der Waals surface area contributed by atoms with Crippen LogP contribution in [-0.2, 0) is 10.1 Å². The van der Waals surface area contributed by atoms with E-state index in [1.165, 1.54) is 0 Å². The van der Waals surface area contributed by atoms with Crippen molar-refractivity contribution in [2.75, 3.05) is 0 Å². The van der Waals surface area contributed by atoms with Gasteiger partial charge < -0.3 is 0 Å². The summed E-state index contributed by atoms with van der Waals surface area (Å²) in [5.74, 6) is -39.0. The van der Waals surface area contributed by atoms with Gasteiger partial charge in [-0.2, -0.15) is 65.5 Å². The summed E-state index contributed by atoms with van der Waals surface area (Å²) in [5.41, 5.74) is -4.49. The van der Waals surface area contributed by atoms with Gasteiger partial charge in [0.1, 0.15) is 0 Å². The van der Waals surface area contributed by atoms with Gasteiger partial charge in [-0.3, -0.25) is 4.55 Å². The van der Waals surface area contributed by atoms with Crippen LogP contribution in [0.3, 0.4) is 0 Å². The molecule has 0 aliphatic carbocycles. The molecule has 158 valence electrons. The fraction of sp³-hybridized carbons (Fsp3) is 1.00. The summed E-state index contributed by atoms with van der Waals surface area (Å²) in [6, 6.07) is 0. The van der Waals surface area contributed by atoms with E-state index in [2.05, 4.69) is 0 Å². The molecule has 0 aromatic rings. The first-order valence-corrected chi connectivity index (χ1v) is 6.94. The Morgan fingerprint density at radius 1 is 0.654 bits per heavy atom. The normalized spacial score (nSPS) is 17.3. The van der Waals surface area contributed by atoms with Crippen molar-refractivity contribution in [2.45, 2.75) is 47.7 Å². The number of hydrogen-bond acceptors (Lipinski definition) is 2. The molecule has 1 N–H and O–H groups in total. The van der Waals surface area contributed by atoms with Gasteiger partial charge in [-0.1, -0.05) is 0 Å². The van der Waals surface area contributed by atoms with Gasteiger partial charge in [0.05, 0.1) is 6.42 Å². The van der Waals surface area contributed by atoms with Crippen molar-refractivity contribution < 1.29 is 74.4 Å². The Balaban J connectivity index is 6.25. The van der Waals surface area contributed by atoms with Crippen LogP contribution in [-0.4, -0.2) is 54.3 Å². The zero-order valence-electron chi connectivity index (χ0n) is 11.2. The molecule has 3 nitrogen and oxygen atoms in total. The van der Waals surface area contributed by atoms with Crippen molar-refractivity contribution in [1.29, 1.82) is 0 Å². The first-order chi connectivity index (χ1) is 10.9. The molecular formula is C8H4F14O3S. The van der Waals surface area contributed by atoms with Gasteiger partial charge in [-0.15, -0.1) is 0 Å². The fourth-order valence-corrected chi connectivity index (χ4v) is 1.66. The first kappa shape index (κ1) is 24.9. The second-order valence-corrected chi connectivity index (χ2v) is 6.17. The molecule has 26 heavy (non-hydrogen) atoms. The Morgan fingerprint density at radius 2 is 0.962 bits per heavy atom. The van der Waals surface area contributed by atoms with E-state index in [-0.39, 0.29) is 0 Å². The molecule has 0 rings (SSSR count). The molecule has 0 heterocycles. The minimum absolute atomic E-state index is 3.66. The van der Waals surface area contributed by atoms with Crippen molar-refractivity contribution >= 4 is 10.1 Å². The Labute approximate surface area is 133 Å². The highest BCUT2D eigenvalue weighted by Crippen LogP contribution is 2.60. The van der Waals surface area contributed by atoms with Crippen LogP contribution in [0.2, 0.25) is 0 Å². The van der Waals surface area contributed by atoms with Crippen molar-refractivity contribution in [1.82, 2.24) is 0 Å². The van der Waals surface area contributed by atoms with Gasteiger partial charge in [-0.05, 0) is 0 Å². The van der Waals surface area contributed by atoms with E-state index >= 15 is 0 Å². The molecule has 0 radical (unpaired) electrons. The quantitative estimate of drug-likeness (QED) is 0.469. The van der Waals surface area contributed by atoms with E-state index in [9.17, 15) is 69.9 Å². The molecule has 1 atom stereocenters. The zero-order chi connectivity index (χ0) is 21.8. The summed E-state index contributed by atoms with van der Waals surface area (Å²) in [6.45, 7) is 0. The number of rotatable bonds is 7. The Morgan fingerprint density at radius 3 is 1.23 bits per heavy atom. The van der Waals surface area contributed by atoms with Crippen LogP contribution in [0, 0.1) is 0 Å². The van der Waals surface area contributed by atoms with Crippen LogP contribution < -0.4 is 0 Å². The molecule has 0 saturated heterocycles. The van der Waals surface area contributed by atoms with E-state index in [4.69, 9.17) is 4.55 Å². The topological polar surface area (TPSA) is 54.4 Å². The highest BCUT2D eigenvalue weighted by Gasteiger charge is 2.90. The summed E-state index contributed by atoms with van der Waals surface area (Å²) in [6.07, 6.45) is -11.3. The van der Waals surface area contributed by atoms with Crippen molar-refractivity contribution in [3.63, 3.8) is 0 Å². The average Bonchev–Trinajstić information content (AvgIpc) is 2.34. The summed E-state index contributed by atoms with van der Waals surface area (Å²) in [5, 5.41) is 0. The van der Waals surface area contributed by atoms with Crippen molar-refractivity contribution in [2.24, 2.45) is 0 Å². The monoisotopic (exact) mass is 446 g/mol. The molecule has 0 aromatic carbocycles. The second-order valence-electron chi connectivity index (χ2n) is 4.63. The summed E-state index contributed by atoms with van der Waals surface area (Å²) in [7, 11) is -6.27. The SMILES string of the molecule is O=S(=O)(O)C(F)CC(F)(F)C(F)(F)C(F)(F)C(F)(F)C(F)(F)C(F)(F)F. The molecule has 0 saturated carbocycles. The van der Waals surface area contributed by atoms with E-state index in [0.29, 0.717) is 0 Å². The number of halogens is 14. The molecule has 0 bridgehead atoms. The lowest BCUT2D eigenvalue weighted by molar-refractivity contribution is -0.440. The van der Waals surface area contributed by atoms with Gasteiger partial charge in [0.2, 0.25) is 5.50 Å². The molecule has 0 aromatic heterocycles. The maximum Gasteiger partial charge on any atom is 0.460 e. The van der Waals surface area contributed by atoms with Crippen LogP contribution >= 0.6 is 0 Å². The molecule has 0 spiro atoms. The predicted molar refractivity (Wildman–Crippen MR) is 51.9 cm³/mol. The minimum atomic E-state index is -8.17. The van der Waals surface area contributed by atoms with E-state index in [1.54, 1.807) is 0 Å². The van der Waals surface area contributed by atoms with Gasteiger partial charge in [0.15, 0.2) is 0 Å². The highest BCUT2D eigenvalue weighted by molar-refractivity contribution is 7.86. The van der Waals surface area contributed by atoms with Crippen LogP contribution in [0.5, 0.6) is 0 Å². The van der Waals surface area contributed by atoms with Gasteiger partial charge >= 0.3 is 35.8 Å². The standard InChI is InChI=1S/C8H4F14O3S/c9-2(26(23,24)25)1-3(10,11)4(12,13)5(14,15)6(16,17)7(18,19)8(20,21)22/h2H,1H2,(H,23,24,25). The van der Waals surface area contributed by atoms with Crippen molar-refractivity contribution in [3.8, 4) is 0 Å². The van der Waals surface area contributed by atoms with Gasteiger partial charge in [0, 0.05) is 0 Å². The third-order valence-corrected chi connectivity index (χ3v) is 3.55. The largest absolute Gasteiger partial charge is 0.460 e. The van der Waals surface area contributed by atoms with Crippen molar-refractivity contribution in [3.05, 3.63) is 0 Å². The lowest BCUT2D eigenvalue weighted by Crippen LogP contribution is -2.70. The minimum Gasteiger partial charge on any atom is -0.283 e. The maximum atomic E-state index is 13.0.